The number of carbonyl (C=O) groups is 1. The molecule has 1 aromatic rings. The number of alkyl halides is 2. The second-order valence-corrected chi connectivity index (χ2v) is 3.39. The third-order valence-electron chi connectivity index (χ3n) is 2.20. The number of aromatic amines is 1. The fraction of sp³-hybridized carbons (Fsp3) is 0.455. The van der Waals surface area contributed by atoms with Crippen molar-refractivity contribution in [3.8, 4) is 5.88 Å². The summed E-state index contributed by atoms with van der Waals surface area (Å²) >= 11 is 0. The van der Waals surface area contributed by atoms with Crippen molar-refractivity contribution in [2.45, 2.75) is 19.8 Å². The van der Waals surface area contributed by atoms with E-state index in [4.69, 9.17) is 0 Å². The summed E-state index contributed by atoms with van der Waals surface area (Å²) in [4.78, 5) is 24.7. The van der Waals surface area contributed by atoms with Crippen molar-refractivity contribution in [2.75, 3.05) is 13.7 Å². The first-order valence-electron chi connectivity index (χ1n) is 5.23. The topological polar surface area (TPSA) is 68.4 Å². The van der Waals surface area contributed by atoms with Crippen LogP contribution < -0.4 is 10.3 Å². The number of ether oxygens (including phenoxy) is 2. The molecule has 1 N–H and O–H groups in total. The zero-order valence-electron chi connectivity index (χ0n) is 9.96. The first-order valence-corrected chi connectivity index (χ1v) is 5.23. The highest BCUT2D eigenvalue weighted by Gasteiger charge is 2.22. The van der Waals surface area contributed by atoms with Gasteiger partial charge in [0, 0.05) is 6.07 Å². The fourth-order valence-electron chi connectivity index (χ4n) is 1.51. The minimum Gasteiger partial charge on any atom is -0.482 e. The maximum Gasteiger partial charge on any atom is 0.310 e. The number of rotatable bonds is 5. The molecule has 1 heterocycles. The second kappa shape index (κ2) is 6.13. The largest absolute Gasteiger partial charge is 0.482 e. The molecule has 0 atom stereocenters. The quantitative estimate of drug-likeness (QED) is 0.814. The van der Waals surface area contributed by atoms with Gasteiger partial charge in [0.25, 0.3) is 12.0 Å². The van der Waals surface area contributed by atoms with Crippen LogP contribution in [0.2, 0.25) is 0 Å². The lowest BCUT2D eigenvalue weighted by atomic mass is 10.1. The Bertz CT molecular complexity index is 484. The molecule has 0 radical (unpaired) electrons. The molecular weight excluding hydrogens is 248 g/mol. The Hall–Kier alpha value is -1.92. The number of halogens is 2. The molecule has 0 fully saturated rings. The summed E-state index contributed by atoms with van der Waals surface area (Å²) in [7, 11) is 1.16. The fourth-order valence-corrected chi connectivity index (χ4v) is 1.51. The number of aromatic nitrogens is 1. The van der Waals surface area contributed by atoms with Gasteiger partial charge in [-0.05, 0) is 12.5 Å². The van der Waals surface area contributed by atoms with Crippen molar-refractivity contribution in [2.24, 2.45) is 0 Å². The van der Waals surface area contributed by atoms with Crippen LogP contribution in [0.1, 0.15) is 24.5 Å². The van der Waals surface area contributed by atoms with Gasteiger partial charge in [-0.2, -0.15) is 0 Å². The molecule has 18 heavy (non-hydrogen) atoms. The maximum atomic E-state index is 12.9. The standard InChI is InChI=1S/C11H13F2NO4/c1-3-18-8(16)5-6-4-7(15)14-11(17-2)9(6)10(12)13/h4,10H,3,5H2,1-2H3,(H,14,15). The first-order chi connectivity index (χ1) is 8.49. The highest BCUT2D eigenvalue weighted by Crippen LogP contribution is 2.29. The maximum absolute atomic E-state index is 12.9. The summed E-state index contributed by atoms with van der Waals surface area (Å²) < 4.78 is 35.1. The molecular formula is C11H13F2NO4. The molecule has 7 heteroatoms. The second-order valence-electron chi connectivity index (χ2n) is 3.39. The Balaban J connectivity index is 3.19. The minimum absolute atomic E-state index is 0.0935. The lowest BCUT2D eigenvalue weighted by molar-refractivity contribution is -0.142. The number of H-pyrrole nitrogens is 1. The van der Waals surface area contributed by atoms with E-state index >= 15 is 0 Å². The van der Waals surface area contributed by atoms with E-state index in [0.29, 0.717) is 0 Å². The van der Waals surface area contributed by atoms with Crippen LogP contribution >= 0.6 is 0 Å². The van der Waals surface area contributed by atoms with E-state index in [0.717, 1.165) is 13.2 Å². The van der Waals surface area contributed by atoms with Gasteiger partial charge in [-0.15, -0.1) is 0 Å². The van der Waals surface area contributed by atoms with E-state index in [1.165, 1.54) is 0 Å². The lowest BCUT2D eigenvalue weighted by Gasteiger charge is -2.12. The predicted octanol–water partition coefficient (Wildman–Crippen LogP) is 1.43. The number of hydrogen-bond acceptors (Lipinski definition) is 4. The van der Waals surface area contributed by atoms with Crippen LogP contribution in [-0.4, -0.2) is 24.7 Å². The monoisotopic (exact) mass is 261 g/mol. The van der Waals surface area contributed by atoms with Gasteiger partial charge < -0.3 is 9.47 Å². The molecule has 1 rings (SSSR count). The summed E-state index contributed by atoms with van der Waals surface area (Å²) in [5, 5.41) is 0. The molecule has 0 unspecified atom stereocenters. The van der Waals surface area contributed by atoms with E-state index in [1.54, 1.807) is 6.92 Å². The zero-order chi connectivity index (χ0) is 13.7. The number of esters is 1. The van der Waals surface area contributed by atoms with Gasteiger partial charge in [-0.25, -0.2) is 8.78 Å². The minimum atomic E-state index is -2.86. The first kappa shape index (κ1) is 14.1. The normalized spacial score (nSPS) is 10.5. The van der Waals surface area contributed by atoms with E-state index in [2.05, 4.69) is 14.5 Å². The number of carbonyl (C=O) groups excluding carboxylic acids is 1. The molecule has 0 aliphatic carbocycles. The number of nitrogens with one attached hydrogen (secondary N) is 1. The Morgan fingerprint density at radius 3 is 2.67 bits per heavy atom. The van der Waals surface area contributed by atoms with Crippen molar-refractivity contribution < 1.29 is 23.0 Å². The molecule has 100 valence electrons. The van der Waals surface area contributed by atoms with Crippen LogP contribution in [0.4, 0.5) is 8.78 Å². The number of methoxy groups -OCH3 is 1. The molecule has 5 nitrogen and oxygen atoms in total. The van der Waals surface area contributed by atoms with Gasteiger partial charge in [0.05, 0.1) is 25.7 Å². The molecule has 1 aromatic heterocycles. The van der Waals surface area contributed by atoms with Crippen LogP contribution in [0.3, 0.4) is 0 Å². The number of pyridine rings is 1. The molecule has 0 saturated heterocycles. The third kappa shape index (κ3) is 3.28. The third-order valence-corrected chi connectivity index (χ3v) is 2.20. The van der Waals surface area contributed by atoms with Gasteiger partial charge in [0.15, 0.2) is 0 Å². The summed E-state index contributed by atoms with van der Waals surface area (Å²) in [5.74, 6) is -1.01. The molecule has 0 aromatic carbocycles. The Morgan fingerprint density at radius 1 is 1.50 bits per heavy atom. The van der Waals surface area contributed by atoms with Crippen LogP contribution in [0.25, 0.3) is 0 Å². The van der Waals surface area contributed by atoms with Crippen LogP contribution in [0.5, 0.6) is 5.88 Å². The van der Waals surface area contributed by atoms with Crippen molar-refractivity contribution in [1.29, 1.82) is 0 Å². The molecule has 0 saturated carbocycles. The molecule has 0 amide bonds. The SMILES string of the molecule is CCOC(=O)Cc1cc(=O)[nH]c(OC)c1C(F)F. The van der Waals surface area contributed by atoms with Crippen molar-refractivity contribution in [3.63, 3.8) is 0 Å². The molecule has 0 aliphatic rings. The van der Waals surface area contributed by atoms with Gasteiger partial charge in [0.2, 0.25) is 5.88 Å². The highest BCUT2D eigenvalue weighted by molar-refractivity contribution is 5.73. The highest BCUT2D eigenvalue weighted by atomic mass is 19.3. The summed E-state index contributed by atoms with van der Waals surface area (Å²) in [5.41, 5.74) is -1.20. The summed E-state index contributed by atoms with van der Waals surface area (Å²) in [6.45, 7) is 1.74. The van der Waals surface area contributed by atoms with Crippen molar-refractivity contribution >= 4 is 5.97 Å². The lowest BCUT2D eigenvalue weighted by Crippen LogP contribution is -2.16. The van der Waals surface area contributed by atoms with Crippen LogP contribution in [0.15, 0.2) is 10.9 Å². The van der Waals surface area contributed by atoms with Gasteiger partial charge in [0.1, 0.15) is 0 Å². The van der Waals surface area contributed by atoms with Crippen molar-refractivity contribution in [1.82, 2.24) is 4.98 Å². The van der Waals surface area contributed by atoms with Crippen LogP contribution in [-0.2, 0) is 16.0 Å². The molecule has 0 bridgehead atoms. The van der Waals surface area contributed by atoms with E-state index < -0.39 is 29.9 Å². The molecule has 0 aliphatic heterocycles. The van der Waals surface area contributed by atoms with E-state index in [-0.39, 0.29) is 18.1 Å². The average molecular weight is 261 g/mol. The average Bonchev–Trinajstić information content (AvgIpc) is 2.27. The summed E-state index contributed by atoms with van der Waals surface area (Å²) in [6.07, 6.45) is -3.26. The number of hydrogen-bond donors (Lipinski definition) is 1. The van der Waals surface area contributed by atoms with Crippen LogP contribution in [0, 0.1) is 0 Å². The predicted molar refractivity (Wildman–Crippen MR) is 58.9 cm³/mol. The van der Waals surface area contributed by atoms with E-state index in [9.17, 15) is 18.4 Å². The van der Waals surface area contributed by atoms with E-state index in [1.807, 2.05) is 0 Å². The Kier molecular flexibility index (Phi) is 4.82. The summed E-state index contributed by atoms with van der Waals surface area (Å²) in [6, 6.07) is 0.945. The zero-order valence-corrected chi connectivity index (χ0v) is 9.96. The Morgan fingerprint density at radius 2 is 2.17 bits per heavy atom. The van der Waals surface area contributed by atoms with Crippen molar-refractivity contribution in [3.05, 3.63) is 27.5 Å². The van der Waals surface area contributed by atoms with Gasteiger partial charge in [-0.3, -0.25) is 14.6 Å². The Labute approximate surface area is 102 Å². The van der Waals surface area contributed by atoms with Gasteiger partial charge >= 0.3 is 5.97 Å². The smallest absolute Gasteiger partial charge is 0.310 e. The van der Waals surface area contributed by atoms with Gasteiger partial charge in [-0.1, -0.05) is 0 Å². The molecule has 0 spiro atoms.